The van der Waals surface area contributed by atoms with Crippen LogP contribution in [0.15, 0.2) is 30.3 Å². The van der Waals surface area contributed by atoms with E-state index in [1.165, 1.54) is 0 Å². The molecule has 0 aliphatic carbocycles. The Morgan fingerprint density at radius 3 is 2.40 bits per heavy atom. The van der Waals surface area contributed by atoms with E-state index < -0.39 is 24.6 Å². The summed E-state index contributed by atoms with van der Waals surface area (Å²) >= 11 is 0. The van der Waals surface area contributed by atoms with Crippen LogP contribution in [0.4, 0.5) is 13.2 Å². The molecule has 0 saturated carbocycles. The van der Waals surface area contributed by atoms with E-state index in [-0.39, 0.29) is 25.4 Å². The summed E-state index contributed by atoms with van der Waals surface area (Å²) in [4.78, 5) is 11.5. The van der Waals surface area contributed by atoms with Gasteiger partial charge in [0.15, 0.2) is 0 Å². The molecule has 0 fully saturated rings. The van der Waals surface area contributed by atoms with E-state index in [4.69, 9.17) is 10.6 Å². The van der Waals surface area contributed by atoms with Crippen molar-refractivity contribution in [1.82, 2.24) is 5.43 Å². The van der Waals surface area contributed by atoms with Gasteiger partial charge in [0.25, 0.3) is 0 Å². The fourth-order valence-electron chi connectivity index (χ4n) is 1.48. The van der Waals surface area contributed by atoms with Crippen LogP contribution in [-0.2, 0) is 4.74 Å². The van der Waals surface area contributed by atoms with Crippen LogP contribution in [0, 0.1) is 0 Å². The number of hydrogen-bond donors (Lipinski definition) is 2. The maximum absolute atomic E-state index is 12.1. The van der Waals surface area contributed by atoms with Crippen molar-refractivity contribution in [2.45, 2.75) is 25.1 Å². The molecule has 4 nitrogen and oxygen atoms in total. The standard InChI is InChI=1S/C12H15F3N2O2.ClH/c13-12(14,15)8-10(17-16)6-7-19-11(18)9-4-2-1-3-5-9;/h1-5,10,17H,6-8,16H2;1H. The van der Waals surface area contributed by atoms with Crippen molar-refractivity contribution in [3.05, 3.63) is 35.9 Å². The van der Waals surface area contributed by atoms with E-state index in [2.05, 4.69) is 5.43 Å². The highest BCUT2D eigenvalue weighted by Gasteiger charge is 2.31. The summed E-state index contributed by atoms with van der Waals surface area (Å²) in [6.45, 7) is -0.126. The smallest absolute Gasteiger partial charge is 0.390 e. The summed E-state index contributed by atoms with van der Waals surface area (Å²) in [5, 5.41) is 0. The van der Waals surface area contributed by atoms with E-state index in [0.717, 1.165) is 0 Å². The van der Waals surface area contributed by atoms with Gasteiger partial charge in [-0.1, -0.05) is 18.2 Å². The minimum absolute atomic E-state index is 0. The summed E-state index contributed by atoms with van der Waals surface area (Å²) in [5.74, 6) is 4.45. The first-order chi connectivity index (χ1) is 8.92. The number of carbonyl (C=O) groups is 1. The fourth-order valence-corrected chi connectivity index (χ4v) is 1.48. The van der Waals surface area contributed by atoms with E-state index in [9.17, 15) is 18.0 Å². The lowest BCUT2D eigenvalue weighted by Gasteiger charge is -2.17. The molecule has 3 N–H and O–H groups in total. The average molecular weight is 313 g/mol. The Kier molecular flexibility index (Phi) is 8.21. The summed E-state index contributed by atoms with van der Waals surface area (Å²) in [6.07, 6.45) is -5.37. The largest absolute Gasteiger partial charge is 0.462 e. The molecule has 20 heavy (non-hydrogen) atoms. The topological polar surface area (TPSA) is 64.3 Å². The third kappa shape index (κ3) is 7.32. The first kappa shape index (κ1) is 18.7. The number of nitrogens with two attached hydrogens (primary N) is 1. The lowest BCUT2D eigenvalue weighted by molar-refractivity contribution is -0.140. The van der Waals surface area contributed by atoms with Gasteiger partial charge in [-0.05, 0) is 18.6 Å². The second-order valence-electron chi connectivity index (χ2n) is 3.97. The minimum atomic E-state index is -4.31. The zero-order chi connectivity index (χ0) is 14.3. The van der Waals surface area contributed by atoms with Crippen molar-refractivity contribution in [2.75, 3.05) is 6.61 Å². The normalized spacial score (nSPS) is 12.4. The SMILES string of the molecule is Cl.NNC(CCOC(=O)c1ccccc1)CC(F)(F)F. The van der Waals surface area contributed by atoms with Gasteiger partial charge in [-0.15, -0.1) is 12.4 Å². The first-order valence-electron chi connectivity index (χ1n) is 5.67. The molecule has 0 amide bonds. The molecule has 0 radical (unpaired) electrons. The zero-order valence-corrected chi connectivity index (χ0v) is 11.3. The number of alkyl halides is 3. The van der Waals surface area contributed by atoms with Crippen molar-refractivity contribution >= 4 is 18.4 Å². The highest BCUT2D eigenvalue weighted by atomic mass is 35.5. The number of ether oxygens (including phenoxy) is 1. The Morgan fingerprint density at radius 2 is 1.90 bits per heavy atom. The van der Waals surface area contributed by atoms with Gasteiger partial charge in [-0.2, -0.15) is 13.2 Å². The average Bonchev–Trinajstić information content (AvgIpc) is 2.37. The summed E-state index contributed by atoms with van der Waals surface area (Å²) in [6, 6.07) is 7.25. The number of carbonyl (C=O) groups excluding carboxylic acids is 1. The molecule has 0 heterocycles. The Labute approximate surface area is 120 Å². The van der Waals surface area contributed by atoms with Crippen LogP contribution in [0.3, 0.4) is 0 Å². The Hall–Kier alpha value is -1.31. The molecular weight excluding hydrogens is 297 g/mol. The fraction of sp³-hybridized carbons (Fsp3) is 0.417. The van der Waals surface area contributed by atoms with Crippen molar-refractivity contribution in [3.63, 3.8) is 0 Å². The van der Waals surface area contributed by atoms with Crippen molar-refractivity contribution < 1.29 is 22.7 Å². The Morgan fingerprint density at radius 1 is 1.30 bits per heavy atom. The summed E-state index contributed by atoms with van der Waals surface area (Å²) < 4.78 is 41.3. The molecule has 1 aromatic rings. The van der Waals surface area contributed by atoms with Crippen molar-refractivity contribution in [1.29, 1.82) is 0 Å². The molecule has 1 atom stereocenters. The molecule has 0 saturated heterocycles. The van der Waals surface area contributed by atoms with E-state index >= 15 is 0 Å². The third-order valence-corrected chi connectivity index (χ3v) is 2.42. The molecule has 0 bridgehead atoms. The summed E-state index contributed by atoms with van der Waals surface area (Å²) in [7, 11) is 0. The van der Waals surface area contributed by atoms with E-state index in [0.29, 0.717) is 5.56 Å². The maximum atomic E-state index is 12.1. The van der Waals surface area contributed by atoms with Gasteiger partial charge in [-0.25, -0.2) is 4.79 Å². The third-order valence-electron chi connectivity index (χ3n) is 2.42. The number of rotatable bonds is 6. The molecule has 0 aromatic heterocycles. The van der Waals surface area contributed by atoms with E-state index in [1.54, 1.807) is 30.3 Å². The predicted octanol–water partition coefficient (Wildman–Crippen LogP) is 2.44. The van der Waals surface area contributed by atoms with Crippen LogP contribution in [0.25, 0.3) is 0 Å². The van der Waals surface area contributed by atoms with Crippen LogP contribution in [0.5, 0.6) is 0 Å². The lowest BCUT2D eigenvalue weighted by Crippen LogP contribution is -2.39. The molecule has 114 valence electrons. The molecule has 0 aliphatic rings. The molecule has 1 aromatic carbocycles. The monoisotopic (exact) mass is 312 g/mol. The van der Waals surface area contributed by atoms with Gasteiger partial charge < -0.3 is 4.74 Å². The molecule has 1 rings (SSSR count). The number of nitrogens with one attached hydrogen (secondary N) is 1. The van der Waals surface area contributed by atoms with Crippen molar-refractivity contribution in [2.24, 2.45) is 5.84 Å². The Balaban J connectivity index is 0.00000361. The molecular formula is C12H16ClF3N2O2. The highest BCUT2D eigenvalue weighted by molar-refractivity contribution is 5.89. The second kappa shape index (κ2) is 8.78. The molecule has 1 unspecified atom stereocenters. The zero-order valence-electron chi connectivity index (χ0n) is 10.5. The van der Waals surface area contributed by atoms with Crippen LogP contribution in [-0.4, -0.2) is 24.8 Å². The van der Waals surface area contributed by atoms with Gasteiger partial charge in [-0.3, -0.25) is 11.3 Å². The maximum Gasteiger partial charge on any atom is 0.390 e. The van der Waals surface area contributed by atoms with Crippen LogP contribution < -0.4 is 11.3 Å². The first-order valence-corrected chi connectivity index (χ1v) is 5.67. The summed E-state index contributed by atoms with van der Waals surface area (Å²) in [5.41, 5.74) is 2.42. The predicted molar refractivity (Wildman–Crippen MR) is 70.4 cm³/mol. The van der Waals surface area contributed by atoms with Crippen LogP contribution in [0.2, 0.25) is 0 Å². The van der Waals surface area contributed by atoms with Gasteiger partial charge >= 0.3 is 12.1 Å². The van der Waals surface area contributed by atoms with Crippen molar-refractivity contribution in [3.8, 4) is 0 Å². The minimum Gasteiger partial charge on any atom is -0.462 e. The van der Waals surface area contributed by atoms with Gasteiger partial charge in [0, 0.05) is 6.04 Å². The van der Waals surface area contributed by atoms with Crippen LogP contribution in [0.1, 0.15) is 23.2 Å². The quantitative estimate of drug-likeness (QED) is 0.481. The number of halogens is 4. The second-order valence-corrected chi connectivity index (χ2v) is 3.97. The molecule has 0 spiro atoms. The van der Waals surface area contributed by atoms with Gasteiger partial charge in [0.05, 0.1) is 18.6 Å². The highest BCUT2D eigenvalue weighted by Crippen LogP contribution is 2.22. The number of hydrazine groups is 1. The number of hydrogen-bond acceptors (Lipinski definition) is 4. The Bertz CT molecular complexity index is 401. The lowest BCUT2D eigenvalue weighted by atomic mass is 10.1. The van der Waals surface area contributed by atoms with Gasteiger partial charge in [0.2, 0.25) is 0 Å². The van der Waals surface area contributed by atoms with Crippen LogP contribution >= 0.6 is 12.4 Å². The number of benzene rings is 1. The molecule has 8 heteroatoms. The van der Waals surface area contributed by atoms with Gasteiger partial charge in [0.1, 0.15) is 0 Å². The molecule has 0 aliphatic heterocycles. The number of esters is 1. The van der Waals surface area contributed by atoms with E-state index in [1.807, 2.05) is 0 Å².